The van der Waals surface area contributed by atoms with Gasteiger partial charge < -0.3 is 10.0 Å². The van der Waals surface area contributed by atoms with E-state index in [-0.39, 0.29) is 11.9 Å². The summed E-state index contributed by atoms with van der Waals surface area (Å²) < 4.78 is 37.1. The Morgan fingerprint density at radius 1 is 1.13 bits per heavy atom. The lowest BCUT2D eigenvalue weighted by Gasteiger charge is -2.38. The third kappa shape index (κ3) is 5.32. The van der Waals surface area contributed by atoms with Gasteiger partial charge in [0.05, 0.1) is 6.54 Å². The van der Waals surface area contributed by atoms with Gasteiger partial charge in [-0.2, -0.15) is 13.2 Å². The van der Waals surface area contributed by atoms with Crippen LogP contribution in [0.1, 0.15) is 26.2 Å². The molecule has 0 spiro atoms. The SMILES string of the molecule is C[C@@H]1CCCCN1C(=O)CN1CCN(C[C@H](O)C(F)(F)F)CC1. The third-order valence-corrected chi connectivity index (χ3v) is 4.76. The number of amides is 1. The predicted molar refractivity (Wildman–Crippen MR) is 80.0 cm³/mol. The predicted octanol–water partition coefficient (Wildman–Crippen LogP) is 0.928. The van der Waals surface area contributed by atoms with E-state index in [0.717, 1.165) is 25.8 Å². The summed E-state index contributed by atoms with van der Waals surface area (Å²) >= 11 is 0. The molecule has 1 amide bonds. The quantitative estimate of drug-likeness (QED) is 0.829. The van der Waals surface area contributed by atoms with Gasteiger partial charge >= 0.3 is 6.18 Å². The van der Waals surface area contributed by atoms with Crippen molar-refractivity contribution in [3.05, 3.63) is 0 Å². The molecule has 0 aromatic rings. The lowest BCUT2D eigenvalue weighted by molar-refractivity contribution is -0.208. The van der Waals surface area contributed by atoms with Crippen molar-refractivity contribution in [1.29, 1.82) is 0 Å². The Morgan fingerprint density at radius 3 is 2.30 bits per heavy atom. The second-order valence-electron chi connectivity index (χ2n) is 6.57. The van der Waals surface area contributed by atoms with E-state index in [2.05, 4.69) is 6.92 Å². The van der Waals surface area contributed by atoms with E-state index in [9.17, 15) is 18.0 Å². The summed E-state index contributed by atoms with van der Waals surface area (Å²) in [6.07, 6.45) is -3.64. The van der Waals surface area contributed by atoms with E-state index >= 15 is 0 Å². The zero-order valence-electron chi connectivity index (χ0n) is 13.6. The fourth-order valence-corrected chi connectivity index (χ4v) is 3.23. The minimum absolute atomic E-state index is 0.112. The second-order valence-corrected chi connectivity index (χ2v) is 6.57. The summed E-state index contributed by atoms with van der Waals surface area (Å²) in [6.45, 7) is 4.79. The summed E-state index contributed by atoms with van der Waals surface area (Å²) in [4.78, 5) is 17.9. The number of halogens is 3. The van der Waals surface area contributed by atoms with Crippen LogP contribution in [0.3, 0.4) is 0 Å². The van der Waals surface area contributed by atoms with Gasteiger partial charge in [-0.15, -0.1) is 0 Å². The Balaban J connectivity index is 1.73. The average Bonchev–Trinajstić information content (AvgIpc) is 2.48. The van der Waals surface area contributed by atoms with E-state index in [0.29, 0.717) is 32.7 Å². The van der Waals surface area contributed by atoms with E-state index in [4.69, 9.17) is 5.11 Å². The second kappa shape index (κ2) is 7.81. The Kier molecular flexibility index (Phi) is 6.27. The smallest absolute Gasteiger partial charge is 0.382 e. The first kappa shape index (κ1) is 18.5. The van der Waals surface area contributed by atoms with E-state index in [1.54, 1.807) is 4.90 Å². The molecule has 0 aromatic carbocycles. The van der Waals surface area contributed by atoms with Crippen LogP contribution >= 0.6 is 0 Å². The van der Waals surface area contributed by atoms with Crippen molar-refractivity contribution in [3.8, 4) is 0 Å². The zero-order valence-corrected chi connectivity index (χ0v) is 13.6. The van der Waals surface area contributed by atoms with E-state index in [1.165, 1.54) is 0 Å². The standard InChI is InChI=1S/C15H26F3N3O2/c1-12-4-2-3-5-21(12)14(23)11-20-8-6-19(7-9-20)10-13(22)15(16,17)18/h12-13,22H,2-11H2,1H3/t12-,13+/m1/s1. The number of β-amino-alcohol motifs (C(OH)–C–C–N with tert-alkyl or cyclic N) is 1. The highest BCUT2D eigenvalue weighted by Crippen LogP contribution is 2.21. The fraction of sp³-hybridized carbons (Fsp3) is 0.933. The van der Waals surface area contributed by atoms with Crippen molar-refractivity contribution in [1.82, 2.24) is 14.7 Å². The molecular weight excluding hydrogens is 311 g/mol. The highest BCUT2D eigenvalue weighted by molar-refractivity contribution is 5.78. The van der Waals surface area contributed by atoms with Gasteiger partial charge in [0.2, 0.25) is 5.91 Å². The zero-order chi connectivity index (χ0) is 17.0. The monoisotopic (exact) mass is 337 g/mol. The molecule has 2 fully saturated rings. The van der Waals surface area contributed by atoms with Crippen LogP contribution in [0.25, 0.3) is 0 Å². The highest BCUT2D eigenvalue weighted by atomic mass is 19.4. The van der Waals surface area contributed by atoms with Gasteiger partial charge in [0.1, 0.15) is 0 Å². The number of aliphatic hydroxyl groups is 1. The summed E-state index contributed by atoms with van der Waals surface area (Å²) in [7, 11) is 0. The first-order valence-corrected chi connectivity index (χ1v) is 8.26. The Labute approximate surface area is 135 Å². The number of carbonyl (C=O) groups is 1. The number of carbonyl (C=O) groups excluding carboxylic acids is 1. The van der Waals surface area contributed by atoms with Gasteiger partial charge in [-0.25, -0.2) is 0 Å². The molecule has 0 radical (unpaired) electrons. The largest absolute Gasteiger partial charge is 0.415 e. The first-order valence-electron chi connectivity index (χ1n) is 8.26. The van der Waals surface area contributed by atoms with E-state index in [1.807, 2.05) is 9.80 Å². The van der Waals surface area contributed by atoms with Crippen LogP contribution in [0.15, 0.2) is 0 Å². The average molecular weight is 337 g/mol. The van der Waals surface area contributed by atoms with Crippen molar-refractivity contribution in [2.24, 2.45) is 0 Å². The Hall–Kier alpha value is -0.860. The molecule has 0 aromatic heterocycles. The molecule has 134 valence electrons. The first-order chi connectivity index (χ1) is 10.8. The van der Waals surface area contributed by atoms with Crippen molar-refractivity contribution < 1.29 is 23.1 Å². The normalized spacial score (nSPS) is 26.3. The molecule has 2 aliphatic heterocycles. The molecule has 23 heavy (non-hydrogen) atoms. The maximum absolute atomic E-state index is 12.4. The third-order valence-electron chi connectivity index (χ3n) is 4.76. The van der Waals surface area contributed by atoms with Gasteiger partial charge in [-0.05, 0) is 26.2 Å². The van der Waals surface area contributed by atoms with Crippen molar-refractivity contribution in [3.63, 3.8) is 0 Å². The summed E-state index contributed by atoms with van der Waals surface area (Å²) in [6, 6.07) is 0.277. The lowest BCUT2D eigenvalue weighted by Crippen LogP contribution is -2.53. The van der Waals surface area contributed by atoms with Gasteiger partial charge in [0.15, 0.2) is 6.10 Å². The number of nitrogens with zero attached hydrogens (tertiary/aromatic N) is 3. The summed E-state index contributed by atoms with van der Waals surface area (Å²) in [5.74, 6) is 0.112. The van der Waals surface area contributed by atoms with Crippen molar-refractivity contribution in [2.45, 2.75) is 44.5 Å². The molecule has 2 aliphatic rings. The minimum atomic E-state index is -4.57. The van der Waals surface area contributed by atoms with Crippen molar-refractivity contribution in [2.75, 3.05) is 45.8 Å². The van der Waals surface area contributed by atoms with Crippen LogP contribution in [0.5, 0.6) is 0 Å². The van der Waals surface area contributed by atoms with Gasteiger partial charge in [-0.1, -0.05) is 0 Å². The molecule has 5 nitrogen and oxygen atoms in total. The number of piperazine rings is 1. The lowest BCUT2D eigenvalue weighted by atomic mass is 10.0. The summed E-state index contributed by atoms with van der Waals surface area (Å²) in [5, 5.41) is 9.11. The number of rotatable bonds is 4. The maximum atomic E-state index is 12.4. The van der Waals surface area contributed by atoms with Crippen LogP contribution in [-0.2, 0) is 4.79 Å². The molecule has 8 heteroatoms. The number of alkyl halides is 3. The number of hydrogen-bond donors (Lipinski definition) is 1. The molecule has 2 heterocycles. The molecule has 2 saturated heterocycles. The highest BCUT2D eigenvalue weighted by Gasteiger charge is 2.39. The summed E-state index contributed by atoms with van der Waals surface area (Å²) in [5.41, 5.74) is 0. The van der Waals surface area contributed by atoms with Crippen molar-refractivity contribution >= 4 is 5.91 Å². The Morgan fingerprint density at radius 2 is 1.74 bits per heavy atom. The molecule has 1 N–H and O–H groups in total. The molecule has 0 aliphatic carbocycles. The van der Waals surface area contributed by atoms with Gasteiger partial charge in [0.25, 0.3) is 0 Å². The molecule has 0 saturated carbocycles. The number of likely N-dealkylation sites (tertiary alicyclic amines) is 1. The minimum Gasteiger partial charge on any atom is -0.382 e. The van der Waals surface area contributed by atoms with Crippen LogP contribution < -0.4 is 0 Å². The fourth-order valence-electron chi connectivity index (χ4n) is 3.23. The van der Waals surface area contributed by atoms with Crippen LogP contribution in [-0.4, -0.2) is 89.8 Å². The molecule has 0 unspecified atom stereocenters. The van der Waals surface area contributed by atoms with Crippen LogP contribution in [0, 0.1) is 0 Å². The number of aliphatic hydroxyl groups excluding tert-OH is 1. The van der Waals surface area contributed by atoms with E-state index < -0.39 is 18.8 Å². The topological polar surface area (TPSA) is 47.0 Å². The molecular formula is C15H26F3N3O2. The van der Waals surface area contributed by atoms with Gasteiger partial charge in [0, 0.05) is 45.3 Å². The molecule has 2 atom stereocenters. The van der Waals surface area contributed by atoms with Crippen LogP contribution in [0.2, 0.25) is 0 Å². The molecule has 2 rings (SSSR count). The molecule has 0 bridgehead atoms. The number of hydrogen-bond acceptors (Lipinski definition) is 4. The van der Waals surface area contributed by atoms with Crippen LogP contribution in [0.4, 0.5) is 13.2 Å². The number of piperidine rings is 1. The maximum Gasteiger partial charge on any atom is 0.415 e. The van der Waals surface area contributed by atoms with Gasteiger partial charge in [-0.3, -0.25) is 14.6 Å². The Bertz CT molecular complexity index is 398.